The Morgan fingerprint density at radius 1 is 1.14 bits per heavy atom. The first-order valence-electron chi connectivity index (χ1n) is 0.378. The zero-order chi connectivity index (χ0) is 2.00. The summed E-state index contributed by atoms with van der Waals surface area (Å²) in [6, 6.07) is 0. The van der Waals surface area contributed by atoms with Crippen molar-refractivity contribution in [2.24, 2.45) is 0 Å². The van der Waals surface area contributed by atoms with Gasteiger partial charge in [-0.25, -0.2) is 0 Å². The maximum Gasteiger partial charge on any atom is 0.0785 e. The molecular formula is CH6AgAlFLaLiN. The van der Waals surface area contributed by atoms with Gasteiger partial charge >= 0.3 is 0 Å². The average molecular weight is 332 g/mol. The van der Waals surface area contributed by atoms with Crippen LogP contribution in [0.3, 0.4) is 0 Å². The Labute approximate surface area is 110 Å². The molecule has 0 aromatic carbocycles. The predicted octanol–water partition coefficient (Wildman–Crippen LogP) is -0.0164. The van der Waals surface area contributed by atoms with Crippen LogP contribution < -0.4 is 6.15 Å². The molecule has 0 saturated carbocycles. The SMILES string of the molecule is CF.N.[Ag].[Al].[La].[Li]. The van der Waals surface area contributed by atoms with E-state index in [4.69, 9.17) is 0 Å². The fourth-order valence-electron chi connectivity index (χ4n) is 0. The van der Waals surface area contributed by atoms with Crippen molar-refractivity contribution in [2.75, 3.05) is 7.18 Å². The van der Waals surface area contributed by atoms with Gasteiger partial charge in [0.2, 0.25) is 0 Å². The van der Waals surface area contributed by atoms with E-state index in [0.29, 0.717) is 7.18 Å². The molecule has 0 aliphatic carbocycles. The molecule has 0 rings (SSSR count). The van der Waals surface area contributed by atoms with Crippen molar-refractivity contribution in [3.8, 4) is 0 Å². The van der Waals surface area contributed by atoms with E-state index in [-0.39, 0.29) is 100 Å². The second-order valence-electron chi connectivity index (χ2n) is 0. The van der Waals surface area contributed by atoms with E-state index in [0.717, 1.165) is 0 Å². The molecule has 0 spiro atoms. The second-order valence-corrected chi connectivity index (χ2v) is 0. The molecule has 0 unspecified atom stereocenters. The normalized spacial score (nSPS) is 0.857. The zero-order valence-corrected chi connectivity index (χ0v) is 10.8. The van der Waals surface area contributed by atoms with Crippen LogP contribution in [0, 0.1) is 35.6 Å². The molecule has 0 saturated heterocycles. The summed E-state index contributed by atoms with van der Waals surface area (Å²) < 4.78 is 9.50. The molecule has 0 amide bonds. The van der Waals surface area contributed by atoms with Gasteiger partial charge in [-0.1, -0.05) is 0 Å². The maximum atomic E-state index is 9.50. The summed E-state index contributed by atoms with van der Waals surface area (Å²) in [5.74, 6) is 0. The minimum atomic E-state index is 0. The molecule has 6 radical (unpaired) electrons. The van der Waals surface area contributed by atoms with E-state index in [9.17, 15) is 4.39 Å². The number of rotatable bonds is 0. The first kappa shape index (κ1) is 51.0. The molecule has 0 bridgehead atoms. The monoisotopic (exact) mass is 331 g/mol. The van der Waals surface area contributed by atoms with E-state index in [1.165, 1.54) is 0 Å². The Balaban J connectivity index is -0.000000000500. The van der Waals surface area contributed by atoms with Gasteiger partial charge in [0.15, 0.2) is 0 Å². The molecule has 6 heteroatoms. The van der Waals surface area contributed by atoms with Crippen molar-refractivity contribution < 1.29 is 62.4 Å². The Morgan fingerprint density at radius 3 is 1.14 bits per heavy atom. The van der Waals surface area contributed by atoms with E-state index in [2.05, 4.69) is 0 Å². The fraction of sp³-hybridized carbons (Fsp3) is 1.00. The molecule has 0 fully saturated rings. The Morgan fingerprint density at radius 2 is 1.14 bits per heavy atom. The van der Waals surface area contributed by atoms with Crippen LogP contribution in [-0.4, -0.2) is 43.4 Å². The van der Waals surface area contributed by atoms with Gasteiger partial charge in [0.05, 0.1) is 7.18 Å². The summed E-state index contributed by atoms with van der Waals surface area (Å²) in [6.45, 7) is 0. The van der Waals surface area contributed by atoms with Crippen LogP contribution in [0.15, 0.2) is 0 Å². The Bertz CT molecular complexity index is 19.7. The minimum Gasteiger partial charge on any atom is -0.344 e. The molecule has 0 aliphatic rings. The van der Waals surface area contributed by atoms with Crippen LogP contribution in [0.4, 0.5) is 4.39 Å². The van der Waals surface area contributed by atoms with E-state index < -0.39 is 0 Å². The van der Waals surface area contributed by atoms with Gasteiger partial charge in [-0.3, -0.25) is 4.39 Å². The summed E-state index contributed by atoms with van der Waals surface area (Å²) in [7, 11) is 0.500. The van der Waals surface area contributed by atoms with Gasteiger partial charge in [-0.2, -0.15) is 0 Å². The third-order valence-electron chi connectivity index (χ3n) is 0. The van der Waals surface area contributed by atoms with E-state index in [1.807, 2.05) is 0 Å². The third-order valence-corrected chi connectivity index (χ3v) is 0. The van der Waals surface area contributed by atoms with Crippen molar-refractivity contribution in [2.45, 2.75) is 0 Å². The van der Waals surface area contributed by atoms with Crippen LogP contribution >= 0.6 is 0 Å². The van der Waals surface area contributed by atoms with E-state index >= 15 is 0 Å². The number of halogens is 1. The van der Waals surface area contributed by atoms with Crippen LogP contribution in [0.2, 0.25) is 0 Å². The second kappa shape index (κ2) is 64.9. The molecule has 3 N–H and O–H groups in total. The summed E-state index contributed by atoms with van der Waals surface area (Å²) >= 11 is 0. The van der Waals surface area contributed by atoms with Crippen molar-refractivity contribution >= 4 is 36.2 Å². The van der Waals surface area contributed by atoms with Gasteiger partial charge < -0.3 is 6.15 Å². The summed E-state index contributed by atoms with van der Waals surface area (Å²) in [5.41, 5.74) is 0. The first-order valence-corrected chi connectivity index (χ1v) is 0.378. The van der Waals surface area contributed by atoms with Gasteiger partial charge in [0.1, 0.15) is 0 Å². The van der Waals surface area contributed by atoms with Crippen molar-refractivity contribution in [3.05, 3.63) is 0 Å². The van der Waals surface area contributed by atoms with Gasteiger partial charge in [0.25, 0.3) is 0 Å². The molecule has 0 aliphatic heterocycles. The van der Waals surface area contributed by atoms with Gasteiger partial charge in [0, 0.05) is 94.2 Å². The van der Waals surface area contributed by atoms with Crippen LogP contribution in [-0.2, 0) is 22.4 Å². The smallest absolute Gasteiger partial charge is 0.0785 e. The molecule has 40 valence electrons. The summed E-state index contributed by atoms with van der Waals surface area (Å²) in [5, 5.41) is 0. The predicted molar refractivity (Wildman–Crippen MR) is 23.6 cm³/mol. The Kier molecular flexibility index (Phi) is 473. The molecule has 7 heavy (non-hydrogen) atoms. The third kappa shape index (κ3) is 49.6. The Hall–Kier alpha value is 2.95. The summed E-state index contributed by atoms with van der Waals surface area (Å²) in [4.78, 5) is 0. The molecule has 0 atom stereocenters. The standard InChI is InChI=1S/CH3F.Ag.Al.La.Li.H3N/c1-2;;;;;/h1H3;;;;;1H3. The number of hydrogen-bond acceptors (Lipinski definition) is 1. The molecule has 0 aromatic heterocycles. The van der Waals surface area contributed by atoms with Crippen LogP contribution in [0.5, 0.6) is 0 Å². The van der Waals surface area contributed by atoms with Crippen molar-refractivity contribution in [1.29, 1.82) is 0 Å². The van der Waals surface area contributed by atoms with Crippen molar-refractivity contribution in [1.82, 2.24) is 6.15 Å². The first-order chi connectivity index (χ1) is 1.00. The minimum absolute atomic E-state index is 0. The molecule has 0 heterocycles. The average Bonchev–Trinajstić information content (AvgIpc) is 1.00. The van der Waals surface area contributed by atoms with E-state index in [1.54, 1.807) is 0 Å². The van der Waals surface area contributed by atoms with Crippen LogP contribution in [0.1, 0.15) is 0 Å². The largest absolute Gasteiger partial charge is 0.344 e. The summed E-state index contributed by atoms with van der Waals surface area (Å²) in [6.07, 6.45) is 0. The number of alkyl halides is 1. The van der Waals surface area contributed by atoms with Gasteiger partial charge in [-0.15, -0.1) is 0 Å². The molecule has 1 nitrogen and oxygen atoms in total. The molecular weight excluding hydrogens is 326 g/mol. The topological polar surface area (TPSA) is 35.0 Å². The quantitative estimate of drug-likeness (QED) is 0.622. The number of hydrogen-bond donors (Lipinski definition) is 1. The van der Waals surface area contributed by atoms with Crippen LogP contribution in [0.25, 0.3) is 0 Å². The molecule has 0 aromatic rings. The fourth-order valence-corrected chi connectivity index (χ4v) is 0. The van der Waals surface area contributed by atoms with Gasteiger partial charge in [-0.05, 0) is 0 Å². The van der Waals surface area contributed by atoms with Crippen molar-refractivity contribution in [3.63, 3.8) is 0 Å². The zero-order valence-electron chi connectivity index (χ0n) is 4.54. The maximum absolute atomic E-state index is 9.50.